The summed E-state index contributed by atoms with van der Waals surface area (Å²) in [5, 5.41) is 41.5. The number of nitrogens with zero attached hydrogens (tertiary/aromatic N) is 9. The molecule has 3 N–H and O–H groups in total. The Balaban J connectivity index is 0.000000252. The van der Waals surface area contributed by atoms with Crippen LogP contribution in [-0.2, 0) is 17.8 Å². The monoisotopic (exact) mass is 724 g/mol. The number of nitriles is 1. The summed E-state index contributed by atoms with van der Waals surface area (Å²) in [7, 11) is 3.23. The minimum Gasteiger partial charge on any atom is -0.381 e. The van der Waals surface area contributed by atoms with Crippen molar-refractivity contribution >= 4 is 46.1 Å². The van der Waals surface area contributed by atoms with Gasteiger partial charge in [-0.3, -0.25) is 10.1 Å². The summed E-state index contributed by atoms with van der Waals surface area (Å²) in [6.45, 7) is 6.86. The van der Waals surface area contributed by atoms with Gasteiger partial charge >= 0.3 is 0 Å². The Morgan fingerprint density at radius 1 is 1.19 bits per heavy atom. The number of aromatic nitrogens is 2. The van der Waals surface area contributed by atoms with Crippen LogP contribution in [0.4, 0.5) is 0 Å². The summed E-state index contributed by atoms with van der Waals surface area (Å²) >= 11 is 13.0. The molecule has 48 heavy (non-hydrogen) atoms. The van der Waals surface area contributed by atoms with Gasteiger partial charge in [-0.2, -0.15) is 5.26 Å². The molecule has 2 aromatic rings. The van der Waals surface area contributed by atoms with E-state index in [0.29, 0.717) is 48.3 Å². The van der Waals surface area contributed by atoms with E-state index in [1.54, 1.807) is 50.4 Å². The third-order valence-electron chi connectivity index (χ3n) is 6.54. The zero-order valence-electron chi connectivity index (χ0n) is 26.7. The summed E-state index contributed by atoms with van der Waals surface area (Å²) in [6.07, 6.45) is 7.17. The fourth-order valence-electron chi connectivity index (χ4n) is 4.18. The van der Waals surface area contributed by atoms with Crippen LogP contribution in [0.15, 0.2) is 58.8 Å². The minimum absolute atomic E-state index is 0.182. The molecule has 1 atom stereocenters. The number of hydrazone groups is 1. The molecule has 17 nitrogen and oxygen atoms in total. The van der Waals surface area contributed by atoms with Gasteiger partial charge in [0.15, 0.2) is 16.0 Å². The van der Waals surface area contributed by atoms with Gasteiger partial charge in [-0.15, -0.1) is 4.99 Å². The maximum Gasteiger partial charge on any atom is 0.274 e. The molecule has 20 heteroatoms. The number of rotatable bonds is 11. The van der Waals surface area contributed by atoms with Crippen LogP contribution in [0.25, 0.3) is 0 Å². The van der Waals surface area contributed by atoms with Crippen LogP contribution in [0.3, 0.4) is 0 Å². The first-order valence-corrected chi connectivity index (χ1v) is 16.4. The second kappa shape index (κ2) is 22.2. The molecule has 0 saturated carbocycles. The number of halogens is 2. The van der Waals surface area contributed by atoms with Gasteiger partial charge in [0.2, 0.25) is 6.19 Å². The lowest BCUT2D eigenvalue weighted by Crippen LogP contribution is -2.38. The van der Waals surface area contributed by atoms with Crippen LogP contribution >= 0.6 is 35.0 Å². The Bertz CT molecular complexity index is 1440. The predicted octanol–water partition coefficient (Wildman–Crippen LogP) is 3.35. The Labute approximate surface area is 292 Å². The highest BCUT2D eigenvalue weighted by Crippen LogP contribution is 2.20. The van der Waals surface area contributed by atoms with E-state index < -0.39 is 9.96 Å². The number of hydrogen-bond acceptors (Lipinski definition) is 12. The molecule has 0 bridgehead atoms. The van der Waals surface area contributed by atoms with Gasteiger partial charge in [0, 0.05) is 77.5 Å². The second-order valence-corrected chi connectivity index (χ2v) is 11.7. The lowest BCUT2D eigenvalue weighted by atomic mass is 10.1. The quantitative estimate of drug-likeness (QED) is 0.0758. The van der Waals surface area contributed by atoms with Crippen molar-refractivity contribution in [2.24, 2.45) is 16.0 Å². The van der Waals surface area contributed by atoms with Gasteiger partial charge in [-0.1, -0.05) is 47.1 Å². The molecular formula is C28H38Cl2N12O5S. The van der Waals surface area contributed by atoms with E-state index in [9.17, 15) is 20.2 Å². The summed E-state index contributed by atoms with van der Waals surface area (Å²) in [6, 6.07) is 7.24. The molecule has 4 rings (SSSR count). The number of guanidine groups is 1. The number of ether oxygens (including phenoxy) is 1. The molecule has 0 spiro atoms. The predicted molar refractivity (Wildman–Crippen MR) is 185 cm³/mol. The zero-order chi connectivity index (χ0) is 35.3. The fourth-order valence-corrected chi connectivity index (χ4v) is 5.34. The smallest absolute Gasteiger partial charge is 0.274 e. The lowest BCUT2D eigenvalue weighted by Gasteiger charge is -2.23. The van der Waals surface area contributed by atoms with Crippen molar-refractivity contribution in [1.82, 2.24) is 35.7 Å². The molecule has 260 valence electrons. The summed E-state index contributed by atoms with van der Waals surface area (Å²) < 4.78 is 5.17. The Kier molecular flexibility index (Phi) is 18.4. The molecule has 0 aliphatic carbocycles. The highest BCUT2D eigenvalue weighted by Gasteiger charge is 2.19. The van der Waals surface area contributed by atoms with E-state index in [2.05, 4.69) is 40.9 Å². The molecule has 0 aromatic carbocycles. The van der Waals surface area contributed by atoms with Crippen molar-refractivity contribution in [3.63, 3.8) is 0 Å². The minimum atomic E-state index is -0.732. The maximum absolute atomic E-state index is 10.5. The third kappa shape index (κ3) is 15.4. The van der Waals surface area contributed by atoms with Crippen LogP contribution in [0, 0.1) is 37.6 Å². The Morgan fingerprint density at radius 2 is 1.88 bits per heavy atom. The molecular weight excluding hydrogens is 687 g/mol. The topological polar surface area (TPSA) is 212 Å². The number of nitrogens with one attached hydrogen (secondary N) is 3. The second-order valence-electron chi connectivity index (χ2n) is 9.85. The summed E-state index contributed by atoms with van der Waals surface area (Å²) in [4.78, 5) is 35.8. The first-order chi connectivity index (χ1) is 23.1. The fraction of sp³-hybridized carbons (Fsp3) is 0.464. The first-order valence-electron chi connectivity index (χ1n) is 14.6. The van der Waals surface area contributed by atoms with Gasteiger partial charge in [-0.05, 0) is 36.6 Å². The molecule has 4 heterocycles. The number of aliphatic imine (C=N–C) groups is 1. The number of amidine groups is 1. The van der Waals surface area contributed by atoms with Gasteiger partial charge in [0.1, 0.15) is 15.4 Å². The highest BCUT2D eigenvalue weighted by molar-refractivity contribution is 8.14. The molecule has 0 radical (unpaired) electrons. The van der Waals surface area contributed by atoms with E-state index in [1.807, 2.05) is 30.1 Å². The van der Waals surface area contributed by atoms with Gasteiger partial charge in [0.05, 0.1) is 11.5 Å². The zero-order valence-corrected chi connectivity index (χ0v) is 29.0. The Morgan fingerprint density at radius 3 is 2.38 bits per heavy atom. The van der Waals surface area contributed by atoms with E-state index in [4.69, 9.17) is 33.2 Å². The summed E-state index contributed by atoms with van der Waals surface area (Å²) in [5.74, 6) is 2.03. The molecule has 2 aromatic heterocycles. The van der Waals surface area contributed by atoms with Crippen molar-refractivity contribution in [2.45, 2.75) is 26.4 Å². The van der Waals surface area contributed by atoms with Crippen LogP contribution < -0.4 is 16.0 Å². The summed E-state index contributed by atoms with van der Waals surface area (Å²) in [5.41, 5.74) is 2.00. The normalized spacial score (nSPS) is 16.5. The van der Waals surface area contributed by atoms with Crippen LogP contribution in [-0.4, -0.2) is 93.5 Å². The highest BCUT2D eigenvalue weighted by atomic mass is 35.5. The number of nitro groups is 2. The van der Waals surface area contributed by atoms with Crippen molar-refractivity contribution in [3.05, 3.63) is 90.3 Å². The first kappa shape index (κ1) is 39.7. The van der Waals surface area contributed by atoms with Crippen molar-refractivity contribution in [1.29, 1.82) is 5.26 Å². The maximum atomic E-state index is 10.5. The molecule has 2 aliphatic heterocycles. The number of pyridine rings is 2. The molecule has 2 fully saturated rings. The standard InChI is InChI=1S/C11H15ClN4O2.C10H9ClN4S.C7H14N4O3/c1-3-15(11(13-2)8-16(17)18)7-9-4-5-10(12)14-6-9;11-9-2-1-8(5-13-9)6-15-3-4-16-10(15)14-7-12;1-8-7(10-11(12)13)9-4-6-2-3-14-5-6/h4-6,8,13H,3,7H2,1-2H3;1-2,5H,3-4,6H2;6H,2-5H2,1H3,(H2,8,9,10)/b11-8+;;. The van der Waals surface area contributed by atoms with Gasteiger partial charge < -0.3 is 30.5 Å². The number of hydrogen-bond donors (Lipinski definition) is 3. The molecule has 2 saturated heterocycles. The van der Waals surface area contributed by atoms with E-state index in [1.165, 1.54) is 0 Å². The van der Waals surface area contributed by atoms with Gasteiger partial charge in [-0.25, -0.2) is 20.1 Å². The lowest BCUT2D eigenvalue weighted by molar-refractivity contribution is -0.485. The van der Waals surface area contributed by atoms with Crippen LogP contribution in [0.5, 0.6) is 0 Å². The van der Waals surface area contributed by atoms with E-state index in [-0.39, 0.29) is 5.96 Å². The van der Waals surface area contributed by atoms with Crippen molar-refractivity contribution in [3.8, 4) is 6.19 Å². The van der Waals surface area contributed by atoms with Crippen molar-refractivity contribution < 1.29 is 14.7 Å². The molecule has 2 aliphatic rings. The average Bonchev–Trinajstić information content (AvgIpc) is 3.76. The van der Waals surface area contributed by atoms with Gasteiger partial charge in [0.25, 0.3) is 12.2 Å². The number of thioether (sulfide) groups is 1. The van der Waals surface area contributed by atoms with E-state index >= 15 is 0 Å². The molecule has 1 unspecified atom stereocenters. The SMILES string of the molecule is CCN(Cc1ccc(Cl)nc1)/C(=C/[N+](=O)[O-])NC.CN/C(=N/[N+](=O)[O-])NCC1CCOC1.N#CN=C1SCCN1Cc1ccc(Cl)nc1. The largest absolute Gasteiger partial charge is 0.381 e. The van der Waals surface area contributed by atoms with Crippen LogP contribution in [0.2, 0.25) is 10.3 Å². The molecule has 0 amide bonds. The average molecular weight is 726 g/mol. The van der Waals surface area contributed by atoms with E-state index in [0.717, 1.165) is 54.4 Å². The van der Waals surface area contributed by atoms with Crippen LogP contribution in [0.1, 0.15) is 24.5 Å². The Hall–Kier alpha value is -4.44. The third-order valence-corrected chi connectivity index (χ3v) is 7.98. The van der Waals surface area contributed by atoms with Crippen molar-refractivity contribution in [2.75, 3.05) is 52.7 Å².